The van der Waals surface area contributed by atoms with Crippen LogP contribution in [0.2, 0.25) is 0 Å². The van der Waals surface area contributed by atoms with Crippen molar-refractivity contribution < 1.29 is 9.87 Å². The first kappa shape index (κ1) is 26.8. The topological polar surface area (TPSA) is 68.7 Å². The van der Waals surface area contributed by atoms with Gasteiger partial charge in [0.1, 0.15) is 17.5 Å². The lowest BCUT2D eigenvalue weighted by atomic mass is 10.2. The van der Waals surface area contributed by atoms with E-state index in [1.165, 1.54) is 12.1 Å². The Kier molecular flexibility index (Phi) is 10.9. The van der Waals surface area contributed by atoms with E-state index >= 15 is 0 Å². The summed E-state index contributed by atoms with van der Waals surface area (Å²) in [6, 6.07) is 17.1. The summed E-state index contributed by atoms with van der Waals surface area (Å²) in [7, 11) is 0. The second-order valence-corrected chi connectivity index (χ2v) is 7.24. The zero-order valence-corrected chi connectivity index (χ0v) is 19.2. The number of nitrogens with zero attached hydrogens (tertiary/aromatic N) is 5. The van der Waals surface area contributed by atoms with Crippen LogP contribution in [0.25, 0.3) is 5.69 Å². The zero-order chi connectivity index (χ0) is 19.3. The average Bonchev–Trinajstić information content (AvgIpc) is 3.10. The van der Waals surface area contributed by atoms with Gasteiger partial charge in [-0.05, 0) is 56.3 Å². The van der Waals surface area contributed by atoms with E-state index in [1.807, 2.05) is 37.3 Å². The lowest BCUT2D eigenvalue weighted by Crippen LogP contribution is -2.46. The van der Waals surface area contributed by atoms with E-state index < -0.39 is 0 Å². The summed E-state index contributed by atoms with van der Waals surface area (Å²) in [5.41, 5.74) is 2.22. The second kappa shape index (κ2) is 12.6. The summed E-state index contributed by atoms with van der Waals surface area (Å²) in [5, 5.41) is 8.66. The highest BCUT2D eigenvalue weighted by Gasteiger charge is 2.17. The molecule has 1 aliphatic heterocycles. The van der Waals surface area contributed by atoms with Crippen molar-refractivity contribution in [3.63, 3.8) is 0 Å². The van der Waals surface area contributed by atoms with Gasteiger partial charge in [0.05, 0.1) is 0 Å². The van der Waals surface area contributed by atoms with Crippen molar-refractivity contribution in [3.8, 4) is 5.69 Å². The van der Waals surface area contributed by atoms with E-state index in [2.05, 4.69) is 36.7 Å². The van der Waals surface area contributed by atoms with Crippen LogP contribution in [0.4, 0.5) is 10.1 Å². The van der Waals surface area contributed by atoms with E-state index in [4.69, 9.17) is 0 Å². The SMILES string of the molecule is Cc1nnc(CCCN2CCN(c3ccc(F)cc3)CC2)n1-c1ccccc1.Cl.Cl.O. The fourth-order valence-electron chi connectivity index (χ4n) is 3.82. The van der Waals surface area contributed by atoms with E-state index in [1.54, 1.807) is 0 Å². The first-order chi connectivity index (χ1) is 13.7. The third-order valence-corrected chi connectivity index (χ3v) is 5.35. The van der Waals surface area contributed by atoms with Crippen LogP contribution in [0.15, 0.2) is 54.6 Å². The zero-order valence-electron chi connectivity index (χ0n) is 17.6. The minimum absolute atomic E-state index is 0. The van der Waals surface area contributed by atoms with Crippen molar-refractivity contribution in [1.82, 2.24) is 19.7 Å². The van der Waals surface area contributed by atoms with Gasteiger partial charge in [-0.15, -0.1) is 35.0 Å². The third-order valence-electron chi connectivity index (χ3n) is 5.35. The van der Waals surface area contributed by atoms with Crippen LogP contribution in [-0.2, 0) is 6.42 Å². The van der Waals surface area contributed by atoms with Gasteiger partial charge in [0, 0.05) is 44.0 Å². The van der Waals surface area contributed by atoms with Crippen LogP contribution in [0, 0.1) is 12.7 Å². The molecule has 0 saturated carbocycles. The highest BCUT2D eigenvalue weighted by molar-refractivity contribution is 5.85. The summed E-state index contributed by atoms with van der Waals surface area (Å²) in [6.45, 7) is 7.07. The summed E-state index contributed by atoms with van der Waals surface area (Å²) < 4.78 is 15.2. The average molecular weight is 470 g/mol. The Hall–Kier alpha value is -2.19. The Morgan fingerprint density at radius 2 is 1.48 bits per heavy atom. The molecular formula is C22H30Cl2FN5O. The van der Waals surface area contributed by atoms with Crippen LogP contribution in [0.1, 0.15) is 18.1 Å². The number of rotatable bonds is 6. The first-order valence-corrected chi connectivity index (χ1v) is 9.90. The van der Waals surface area contributed by atoms with Gasteiger partial charge in [-0.25, -0.2) is 4.39 Å². The number of aryl methyl sites for hydroxylation is 2. The van der Waals surface area contributed by atoms with Crippen LogP contribution in [0.3, 0.4) is 0 Å². The molecule has 6 nitrogen and oxygen atoms in total. The van der Waals surface area contributed by atoms with Crippen LogP contribution in [0.5, 0.6) is 0 Å². The molecule has 0 atom stereocenters. The maximum atomic E-state index is 13.1. The molecule has 1 fully saturated rings. The molecule has 2 aromatic carbocycles. The third kappa shape index (κ3) is 6.64. The molecule has 4 rings (SSSR count). The standard InChI is InChI=1S/C22H26FN5.2ClH.H2O/c1-18-24-25-22(28(18)21-6-3-2-4-7-21)8-5-13-26-14-16-27(17-15-26)20-11-9-19(23)10-12-20;;;/h2-4,6-7,9-12H,5,8,13-17H2,1H3;2*1H;1H2. The molecule has 0 bridgehead atoms. The summed E-state index contributed by atoms with van der Waals surface area (Å²) in [5.74, 6) is 1.77. The highest BCUT2D eigenvalue weighted by atomic mass is 35.5. The fourth-order valence-corrected chi connectivity index (χ4v) is 3.82. The molecule has 0 radical (unpaired) electrons. The highest BCUT2D eigenvalue weighted by Crippen LogP contribution is 2.18. The Bertz CT molecular complexity index is 900. The van der Waals surface area contributed by atoms with E-state index in [-0.39, 0.29) is 36.1 Å². The summed E-state index contributed by atoms with van der Waals surface area (Å²) >= 11 is 0. The van der Waals surface area contributed by atoms with E-state index in [0.29, 0.717) is 0 Å². The van der Waals surface area contributed by atoms with Crippen LogP contribution >= 0.6 is 24.8 Å². The maximum Gasteiger partial charge on any atom is 0.137 e. The molecule has 0 unspecified atom stereocenters. The largest absolute Gasteiger partial charge is 0.412 e. The Morgan fingerprint density at radius 3 is 2.13 bits per heavy atom. The molecular weight excluding hydrogens is 440 g/mol. The first-order valence-electron chi connectivity index (χ1n) is 9.90. The van der Waals surface area contributed by atoms with Crippen molar-refractivity contribution in [2.45, 2.75) is 19.8 Å². The quantitative estimate of drug-likeness (QED) is 0.553. The molecule has 1 saturated heterocycles. The van der Waals surface area contributed by atoms with Crippen LogP contribution < -0.4 is 4.90 Å². The number of anilines is 1. The predicted molar refractivity (Wildman–Crippen MR) is 128 cm³/mol. The number of halogens is 3. The monoisotopic (exact) mass is 469 g/mol. The number of piperazine rings is 1. The molecule has 9 heteroatoms. The lowest BCUT2D eigenvalue weighted by molar-refractivity contribution is 0.254. The molecule has 2 N–H and O–H groups in total. The van der Waals surface area contributed by atoms with Crippen molar-refractivity contribution in [3.05, 3.63) is 72.1 Å². The second-order valence-electron chi connectivity index (χ2n) is 7.24. The molecule has 1 aliphatic rings. The molecule has 31 heavy (non-hydrogen) atoms. The van der Waals surface area contributed by atoms with E-state index in [9.17, 15) is 4.39 Å². The molecule has 3 aromatic rings. The number of hydrogen-bond acceptors (Lipinski definition) is 4. The van der Waals surface area contributed by atoms with Crippen molar-refractivity contribution in [2.24, 2.45) is 0 Å². The van der Waals surface area contributed by atoms with Gasteiger partial charge in [-0.3, -0.25) is 9.47 Å². The Labute approximate surface area is 195 Å². The minimum Gasteiger partial charge on any atom is -0.412 e. The number of para-hydroxylation sites is 1. The fraction of sp³-hybridized carbons (Fsp3) is 0.364. The maximum absolute atomic E-state index is 13.1. The van der Waals surface area contributed by atoms with Crippen molar-refractivity contribution in [1.29, 1.82) is 0 Å². The molecule has 170 valence electrons. The molecule has 0 spiro atoms. The van der Waals surface area contributed by atoms with Crippen molar-refractivity contribution in [2.75, 3.05) is 37.6 Å². The predicted octanol–water partition coefficient (Wildman–Crippen LogP) is 3.49. The molecule has 2 heterocycles. The minimum atomic E-state index is -0.180. The summed E-state index contributed by atoms with van der Waals surface area (Å²) in [4.78, 5) is 4.82. The van der Waals surface area contributed by atoms with Gasteiger partial charge in [-0.1, -0.05) is 18.2 Å². The molecule has 1 aromatic heterocycles. The Balaban J connectivity index is 0.00000160. The van der Waals surface area contributed by atoms with Gasteiger partial charge >= 0.3 is 0 Å². The lowest BCUT2D eigenvalue weighted by Gasteiger charge is -2.36. The number of benzene rings is 2. The van der Waals surface area contributed by atoms with E-state index in [0.717, 1.165) is 68.6 Å². The van der Waals surface area contributed by atoms with Gasteiger partial charge < -0.3 is 10.4 Å². The Morgan fingerprint density at radius 1 is 0.839 bits per heavy atom. The summed E-state index contributed by atoms with van der Waals surface area (Å²) in [6.07, 6.45) is 1.97. The number of hydrogen-bond donors (Lipinski definition) is 0. The van der Waals surface area contributed by atoms with Gasteiger partial charge in [-0.2, -0.15) is 0 Å². The van der Waals surface area contributed by atoms with Crippen molar-refractivity contribution >= 4 is 30.5 Å². The van der Waals surface area contributed by atoms with Gasteiger partial charge in [0.25, 0.3) is 0 Å². The van der Waals surface area contributed by atoms with Crippen LogP contribution in [-0.4, -0.2) is 57.9 Å². The molecule has 0 aliphatic carbocycles. The number of aromatic nitrogens is 3. The normalized spacial score (nSPS) is 13.7. The van der Waals surface area contributed by atoms with Gasteiger partial charge in [0.15, 0.2) is 0 Å². The molecule has 0 amide bonds. The van der Waals surface area contributed by atoms with Gasteiger partial charge in [0.2, 0.25) is 0 Å². The smallest absolute Gasteiger partial charge is 0.137 e.